The van der Waals surface area contributed by atoms with Gasteiger partial charge in [0.2, 0.25) is 5.91 Å². The molecule has 4 aromatic rings. The molecule has 0 aliphatic heterocycles. The molecule has 0 aliphatic carbocycles. The third kappa shape index (κ3) is 3.91. The van der Waals surface area contributed by atoms with Crippen LogP contribution in [0.4, 0.5) is 18.9 Å². The minimum Gasteiger partial charge on any atom is -0.324 e. The Kier molecular flexibility index (Phi) is 5.05. The van der Waals surface area contributed by atoms with Gasteiger partial charge in [-0.25, -0.2) is 9.50 Å². The minimum absolute atomic E-state index is 0.00604. The molecule has 0 unspecified atom stereocenters. The van der Waals surface area contributed by atoms with Gasteiger partial charge in [0, 0.05) is 17.5 Å². The van der Waals surface area contributed by atoms with Gasteiger partial charge in [-0.15, -0.1) is 0 Å². The summed E-state index contributed by atoms with van der Waals surface area (Å²) in [6, 6.07) is 11.1. The Balaban J connectivity index is 1.82. The van der Waals surface area contributed by atoms with Gasteiger partial charge < -0.3 is 5.32 Å². The molecule has 0 fully saturated rings. The maximum absolute atomic E-state index is 13.7. The number of benzene rings is 1. The van der Waals surface area contributed by atoms with Gasteiger partial charge in [0.15, 0.2) is 5.65 Å². The molecule has 0 atom stereocenters. The lowest BCUT2D eigenvalue weighted by Gasteiger charge is -2.08. The number of halogens is 3. The SMILES string of the molecule is Cc1nc2c(-c3ccccc3)c(C(F)(F)F)[nH]n2c(=O)c1CC(=O)Nc1cccnc1. The van der Waals surface area contributed by atoms with Crippen LogP contribution in [0.3, 0.4) is 0 Å². The summed E-state index contributed by atoms with van der Waals surface area (Å²) in [5.74, 6) is -0.513. The van der Waals surface area contributed by atoms with Crippen LogP contribution in [0.1, 0.15) is 17.0 Å². The Morgan fingerprint density at radius 2 is 1.90 bits per heavy atom. The zero-order chi connectivity index (χ0) is 22.2. The van der Waals surface area contributed by atoms with Gasteiger partial charge in [0.25, 0.3) is 5.56 Å². The Hall–Kier alpha value is -3.95. The standard InChI is InChI=1S/C21H16F3N5O2/c1-12-15(10-16(30)27-14-8-5-9-25-11-14)20(31)29-19(26-12)17(13-6-3-2-4-7-13)18(28-29)21(22,23)24/h2-9,11,28H,10H2,1H3,(H,27,30). The van der Waals surface area contributed by atoms with Crippen LogP contribution in [0.5, 0.6) is 0 Å². The van der Waals surface area contributed by atoms with E-state index in [9.17, 15) is 22.8 Å². The highest BCUT2D eigenvalue weighted by molar-refractivity contribution is 5.92. The van der Waals surface area contributed by atoms with Crippen LogP contribution in [-0.4, -0.2) is 25.5 Å². The number of hydrogen-bond acceptors (Lipinski definition) is 4. The summed E-state index contributed by atoms with van der Waals surface area (Å²) >= 11 is 0. The van der Waals surface area contributed by atoms with E-state index in [0.29, 0.717) is 5.69 Å². The molecule has 0 saturated heterocycles. The van der Waals surface area contributed by atoms with Crippen molar-refractivity contribution < 1.29 is 18.0 Å². The highest BCUT2D eigenvalue weighted by atomic mass is 19.4. The van der Waals surface area contributed by atoms with Crippen molar-refractivity contribution in [3.8, 4) is 11.1 Å². The number of pyridine rings is 1. The van der Waals surface area contributed by atoms with Gasteiger partial charge in [0.1, 0.15) is 5.69 Å². The van der Waals surface area contributed by atoms with E-state index in [1.807, 2.05) is 0 Å². The maximum Gasteiger partial charge on any atom is 0.433 e. The molecule has 2 N–H and O–H groups in total. The first kappa shape index (κ1) is 20.3. The first-order chi connectivity index (χ1) is 14.8. The lowest BCUT2D eigenvalue weighted by molar-refractivity contribution is -0.140. The largest absolute Gasteiger partial charge is 0.433 e. The Morgan fingerprint density at radius 1 is 1.16 bits per heavy atom. The van der Waals surface area contributed by atoms with Crippen LogP contribution in [-0.2, 0) is 17.4 Å². The summed E-state index contributed by atoms with van der Waals surface area (Å²) in [6.45, 7) is 1.49. The zero-order valence-electron chi connectivity index (χ0n) is 16.2. The average molecular weight is 427 g/mol. The number of rotatable bonds is 4. The maximum atomic E-state index is 13.7. The molecular weight excluding hydrogens is 411 g/mol. The first-order valence-corrected chi connectivity index (χ1v) is 9.22. The number of nitrogens with one attached hydrogen (secondary N) is 2. The van der Waals surface area contributed by atoms with E-state index in [1.165, 1.54) is 31.5 Å². The van der Waals surface area contributed by atoms with Crippen molar-refractivity contribution in [2.75, 3.05) is 5.32 Å². The first-order valence-electron chi connectivity index (χ1n) is 9.22. The Labute approximate surface area is 173 Å². The Bertz CT molecular complexity index is 1310. The molecule has 10 heteroatoms. The van der Waals surface area contributed by atoms with Crippen molar-refractivity contribution in [3.63, 3.8) is 0 Å². The van der Waals surface area contributed by atoms with Crippen LogP contribution in [0.15, 0.2) is 59.7 Å². The Morgan fingerprint density at radius 3 is 2.55 bits per heavy atom. The van der Waals surface area contributed by atoms with Crippen LogP contribution in [0.2, 0.25) is 0 Å². The molecule has 1 amide bonds. The van der Waals surface area contributed by atoms with E-state index in [0.717, 1.165) is 4.52 Å². The summed E-state index contributed by atoms with van der Waals surface area (Å²) < 4.78 is 41.9. The molecule has 4 rings (SSSR count). The quantitative estimate of drug-likeness (QED) is 0.521. The molecule has 0 bridgehead atoms. The predicted molar refractivity (Wildman–Crippen MR) is 108 cm³/mol. The number of aromatic amines is 1. The summed E-state index contributed by atoms with van der Waals surface area (Å²) in [5.41, 5.74) is -1.36. The second-order valence-electron chi connectivity index (χ2n) is 6.83. The van der Waals surface area contributed by atoms with Gasteiger partial charge in [-0.2, -0.15) is 13.2 Å². The average Bonchev–Trinajstić information content (AvgIpc) is 3.12. The van der Waals surface area contributed by atoms with E-state index >= 15 is 0 Å². The van der Waals surface area contributed by atoms with Crippen molar-refractivity contribution in [2.24, 2.45) is 0 Å². The number of hydrogen-bond donors (Lipinski definition) is 2. The fourth-order valence-corrected chi connectivity index (χ4v) is 3.30. The number of nitrogens with zero attached hydrogens (tertiary/aromatic N) is 3. The molecular formula is C21H16F3N5O2. The number of fused-ring (bicyclic) bond motifs is 1. The molecule has 3 heterocycles. The topological polar surface area (TPSA) is 92.2 Å². The normalized spacial score (nSPS) is 11.6. The number of aryl methyl sites for hydroxylation is 1. The molecule has 0 saturated carbocycles. The van der Waals surface area contributed by atoms with E-state index in [1.54, 1.807) is 30.3 Å². The summed E-state index contributed by atoms with van der Waals surface area (Å²) in [6.07, 6.45) is -2.11. The van der Waals surface area contributed by atoms with E-state index in [-0.39, 0.29) is 34.5 Å². The van der Waals surface area contributed by atoms with Crippen molar-refractivity contribution in [2.45, 2.75) is 19.5 Å². The second kappa shape index (κ2) is 7.71. The van der Waals surface area contributed by atoms with E-state index < -0.39 is 23.3 Å². The molecule has 0 radical (unpaired) electrons. The molecule has 158 valence electrons. The van der Waals surface area contributed by atoms with Crippen molar-refractivity contribution in [1.29, 1.82) is 0 Å². The monoisotopic (exact) mass is 427 g/mol. The van der Waals surface area contributed by atoms with Gasteiger partial charge in [0.05, 0.1) is 23.9 Å². The number of H-pyrrole nitrogens is 1. The fourth-order valence-electron chi connectivity index (χ4n) is 3.30. The fraction of sp³-hybridized carbons (Fsp3) is 0.143. The number of alkyl halides is 3. The summed E-state index contributed by atoms with van der Waals surface area (Å²) in [5, 5.41) is 4.73. The van der Waals surface area contributed by atoms with Gasteiger partial charge in [-0.1, -0.05) is 30.3 Å². The van der Waals surface area contributed by atoms with E-state index in [4.69, 9.17) is 0 Å². The summed E-state index contributed by atoms with van der Waals surface area (Å²) in [4.78, 5) is 33.5. The summed E-state index contributed by atoms with van der Waals surface area (Å²) in [7, 11) is 0. The number of aromatic nitrogens is 4. The smallest absolute Gasteiger partial charge is 0.324 e. The highest BCUT2D eigenvalue weighted by Crippen LogP contribution is 2.38. The third-order valence-electron chi connectivity index (χ3n) is 4.71. The van der Waals surface area contributed by atoms with Crippen LogP contribution in [0.25, 0.3) is 16.8 Å². The van der Waals surface area contributed by atoms with Crippen molar-refractivity contribution >= 4 is 17.2 Å². The van der Waals surface area contributed by atoms with Gasteiger partial charge in [-0.3, -0.25) is 19.7 Å². The molecule has 0 aliphatic rings. The van der Waals surface area contributed by atoms with Crippen LogP contribution < -0.4 is 10.9 Å². The van der Waals surface area contributed by atoms with Crippen molar-refractivity contribution in [3.05, 3.63) is 82.2 Å². The predicted octanol–water partition coefficient (Wildman–Crippen LogP) is 3.59. The van der Waals surface area contributed by atoms with Crippen LogP contribution in [0, 0.1) is 6.92 Å². The van der Waals surface area contributed by atoms with Gasteiger partial charge in [-0.05, 0) is 24.6 Å². The second-order valence-corrected chi connectivity index (χ2v) is 6.83. The third-order valence-corrected chi connectivity index (χ3v) is 4.71. The molecule has 31 heavy (non-hydrogen) atoms. The molecule has 0 spiro atoms. The molecule has 1 aromatic carbocycles. The molecule has 7 nitrogen and oxygen atoms in total. The highest BCUT2D eigenvalue weighted by Gasteiger charge is 2.38. The molecule has 3 aromatic heterocycles. The number of carbonyl (C=O) groups excluding carboxylic acids is 1. The lowest BCUT2D eigenvalue weighted by atomic mass is 10.1. The van der Waals surface area contributed by atoms with Gasteiger partial charge >= 0.3 is 6.18 Å². The number of anilines is 1. The number of carbonyl (C=O) groups is 1. The zero-order valence-corrected chi connectivity index (χ0v) is 16.2. The van der Waals surface area contributed by atoms with Crippen LogP contribution >= 0.6 is 0 Å². The van der Waals surface area contributed by atoms with E-state index in [2.05, 4.69) is 20.4 Å². The minimum atomic E-state index is -4.74. The lowest BCUT2D eigenvalue weighted by Crippen LogP contribution is -2.26. The number of amides is 1. The van der Waals surface area contributed by atoms with Crippen molar-refractivity contribution in [1.82, 2.24) is 19.6 Å².